The van der Waals surface area contributed by atoms with Crippen LogP contribution in [0.25, 0.3) is 5.65 Å². The van der Waals surface area contributed by atoms with E-state index in [0.717, 1.165) is 18.0 Å². The van der Waals surface area contributed by atoms with Gasteiger partial charge in [0.15, 0.2) is 11.5 Å². The fourth-order valence-electron chi connectivity index (χ4n) is 1.50. The number of nitrogens with zero attached hydrogens (tertiary/aromatic N) is 3. The van der Waals surface area contributed by atoms with Gasteiger partial charge in [-0.05, 0) is 25.0 Å². The molecule has 2 aromatic heterocycles. The molecule has 2 aromatic rings. The first-order valence-electron chi connectivity index (χ1n) is 5.70. The summed E-state index contributed by atoms with van der Waals surface area (Å²) in [6.07, 6.45) is 1.99. The monoisotopic (exact) mass is 218 g/mol. The lowest BCUT2D eigenvalue weighted by Crippen LogP contribution is -2.30. The van der Waals surface area contributed by atoms with Crippen molar-refractivity contribution in [3.63, 3.8) is 0 Å². The van der Waals surface area contributed by atoms with Crippen LogP contribution in [0.1, 0.15) is 26.6 Å². The fourth-order valence-corrected chi connectivity index (χ4v) is 1.50. The molecule has 2 rings (SSSR count). The van der Waals surface area contributed by atoms with Crippen LogP contribution in [0.15, 0.2) is 24.4 Å². The van der Waals surface area contributed by atoms with Gasteiger partial charge in [-0.2, -0.15) is 0 Å². The Morgan fingerprint density at radius 1 is 1.25 bits per heavy atom. The van der Waals surface area contributed by atoms with Crippen molar-refractivity contribution in [2.75, 3.05) is 0 Å². The smallest absolute Gasteiger partial charge is 0.160 e. The Morgan fingerprint density at radius 2 is 2.06 bits per heavy atom. The van der Waals surface area contributed by atoms with E-state index in [1.165, 1.54) is 0 Å². The third-order valence-corrected chi connectivity index (χ3v) is 2.97. The van der Waals surface area contributed by atoms with Crippen molar-refractivity contribution >= 4 is 5.65 Å². The van der Waals surface area contributed by atoms with Crippen molar-refractivity contribution in [1.82, 2.24) is 19.9 Å². The molecule has 86 valence electrons. The summed E-state index contributed by atoms with van der Waals surface area (Å²) in [6, 6.07) is 6.41. The Kier molecular flexibility index (Phi) is 3.19. The van der Waals surface area contributed by atoms with Crippen molar-refractivity contribution in [2.45, 2.75) is 33.4 Å². The first kappa shape index (κ1) is 11.1. The summed E-state index contributed by atoms with van der Waals surface area (Å²) in [5, 5.41) is 11.7. The van der Waals surface area contributed by atoms with Crippen LogP contribution in [-0.4, -0.2) is 20.6 Å². The average Bonchev–Trinajstić information content (AvgIpc) is 2.69. The Labute approximate surface area is 95.7 Å². The Balaban J connectivity index is 2.10. The van der Waals surface area contributed by atoms with E-state index in [4.69, 9.17) is 0 Å². The Hall–Kier alpha value is -1.42. The molecule has 0 saturated heterocycles. The molecule has 1 atom stereocenters. The number of rotatable bonds is 4. The van der Waals surface area contributed by atoms with Gasteiger partial charge in [-0.1, -0.05) is 19.9 Å². The maximum absolute atomic E-state index is 4.18. The Bertz CT molecular complexity index is 461. The molecule has 0 aliphatic rings. The molecule has 2 heterocycles. The molecule has 4 nitrogen and oxygen atoms in total. The van der Waals surface area contributed by atoms with Gasteiger partial charge in [0.05, 0.1) is 6.54 Å². The van der Waals surface area contributed by atoms with Gasteiger partial charge in [0.25, 0.3) is 0 Å². The highest BCUT2D eigenvalue weighted by atomic mass is 15.3. The molecule has 0 aliphatic carbocycles. The van der Waals surface area contributed by atoms with Crippen LogP contribution in [0.3, 0.4) is 0 Å². The number of hydrogen-bond acceptors (Lipinski definition) is 3. The van der Waals surface area contributed by atoms with Gasteiger partial charge in [-0.15, -0.1) is 10.2 Å². The minimum Gasteiger partial charge on any atom is -0.307 e. The SMILES string of the molecule is CC(C)[C@@H](C)NCc1nnc2ccccn12. The number of nitrogens with one attached hydrogen (secondary N) is 1. The molecular weight excluding hydrogens is 200 g/mol. The van der Waals surface area contributed by atoms with E-state index in [0.29, 0.717) is 12.0 Å². The van der Waals surface area contributed by atoms with Gasteiger partial charge < -0.3 is 5.32 Å². The van der Waals surface area contributed by atoms with E-state index in [2.05, 4.69) is 36.3 Å². The minimum absolute atomic E-state index is 0.482. The lowest BCUT2D eigenvalue weighted by Gasteiger charge is -2.16. The number of aromatic nitrogens is 3. The van der Waals surface area contributed by atoms with Crippen LogP contribution in [0.2, 0.25) is 0 Å². The van der Waals surface area contributed by atoms with E-state index in [-0.39, 0.29) is 0 Å². The van der Waals surface area contributed by atoms with E-state index >= 15 is 0 Å². The third-order valence-electron chi connectivity index (χ3n) is 2.97. The van der Waals surface area contributed by atoms with Gasteiger partial charge in [0.2, 0.25) is 0 Å². The minimum atomic E-state index is 0.482. The predicted octanol–water partition coefficient (Wildman–Crippen LogP) is 1.86. The molecule has 0 saturated carbocycles. The molecule has 0 aliphatic heterocycles. The molecule has 0 unspecified atom stereocenters. The van der Waals surface area contributed by atoms with Crippen molar-refractivity contribution in [3.05, 3.63) is 30.2 Å². The summed E-state index contributed by atoms with van der Waals surface area (Å²) in [5.41, 5.74) is 0.900. The summed E-state index contributed by atoms with van der Waals surface area (Å²) in [7, 11) is 0. The van der Waals surface area contributed by atoms with Crippen LogP contribution < -0.4 is 5.32 Å². The molecule has 1 N–H and O–H groups in total. The van der Waals surface area contributed by atoms with Crippen LogP contribution in [0.4, 0.5) is 0 Å². The lowest BCUT2D eigenvalue weighted by atomic mass is 10.1. The van der Waals surface area contributed by atoms with Gasteiger partial charge >= 0.3 is 0 Å². The molecule has 0 bridgehead atoms. The quantitative estimate of drug-likeness (QED) is 0.851. The van der Waals surface area contributed by atoms with Crippen molar-refractivity contribution in [1.29, 1.82) is 0 Å². The highest BCUT2D eigenvalue weighted by Gasteiger charge is 2.08. The third kappa shape index (κ3) is 2.22. The summed E-state index contributed by atoms with van der Waals surface area (Å²) in [4.78, 5) is 0. The van der Waals surface area contributed by atoms with Crippen molar-refractivity contribution in [3.8, 4) is 0 Å². The van der Waals surface area contributed by atoms with Gasteiger partial charge in [0.1, 0.15) is 0 Å². The number of pyridine rings is 1. The fraction of sp³-hybridized carbons (Fsp3) is 0.500. The summed E-state index contributed by atoms with van der Waals surface area (Å²) >= 11 is 0. The summed E-state index contributed by atoms with van der Waals surface area (Å²) in [6.45, 7) is 7.36. The zero-order valence-electron chi connectivity index (χ0n) is 10.0. The molecule has 4 heteroatoms. The van der Waals surface area contributed by atoms with E-state index < -0.39 is 0 Å². The lowest BCUT2D eigenvalue weighted by molar-refractivity contribution is 0.420. The summed E-state index contributed by atoms with van der Waals surface area (Å²) < 4.78 is 2.01. The molecule has 16 heavy (non-hydrogen) atoms. The first-order valence-corrected chi connectivity index (χ1v) is 5.70. The van der Waals surface area contributed by atoms with Crippen LogP contribution in [-0.2, 0) is 6.54 Å². The molecule has 0 aromatic carbocycles. The van der Waals surface area contributed by atoms with Crippen LogP contribution >= 0.6 is 0 Å². The van der Waals surface area contributed by atoms with E-state index in [9.17, 15) is 0 Å². The number of hydrogen-bond donors (Lipinski definition) is 1. The van der Waals surface area contributed by atoms with Crippen LogP contribution in [0.5, 0.6) is 0 Å². The van der Waals surface area contributed by atoms with Crippen molar-refractivity contribution < 1.29 is 0 Å². The second kappa shape index (κ2) is 4.61. The van der Waals surface area contributed by atoms with Crippen molar-refractivity contribution in [2.24, 2.45) is 5.92 Å². The first-order chi connectivity index (χ1) is 7.68. The molecule has 0 radical (unpaired) electrons. The van der Waals surface area contributed by atoms with E-state index in [1.807, 2.05) is 28.8 Å². The second-order valence-electron chi connectivity index (χ2n) is 4.46. The standard InChI is InChI=1S/C12H18N4/c1-9(2)10(3)13-8-12-15-14-11-6-4-5-7-16(11)12/h4-7,9-10,13H,8H2,1-3H3/t10-/m1/s1. The Morgan fingerprint density at radius 3 is 2.81 bits per heavy atom. The zero-order valence-corrected chi connectivity index (χ0v) is 10.0. The van der Waals surface area contributed by atoms with Gasteiger partial charge in [-0.3, -0.25) is 4.40 Å². The largest absolute Gasteiger partial charge is 0.307 e. The normalized spacial score (nSPS) is 13.5. The summed E-state index contributed by atoms with van der Waals surface area (Å²) in [5.74, 6) is 1.59. The molecular formula is C12H18N4. The number of fused-ring (bicyclic) bond motifs is 1. The second-order valence-corrected chi connectivity index (χ2v) is 4.46. The highest BCUT2D eigenvalue weighted by molar-refractivity contribution is 5.36. The maximum atomic E-state index is 4.18. The maximum Gasteiger partial charge on any atom is 0.160 e. The topological polar surface area (TPSA) is 42.2 Å². The van der Waals surface area contributed by atoms with Gasteiger partial charge in [-0.25, -0.2) is 0 Å². The highest BCUT2D eigenvalue weighted by Crippen LogP contribution is 2.04. The molecule has 0 amide bonds. The van der Waals surface area contributed by atoms with Gasteiger partial charge in [0, 0.05) is 12.2 Å². The van der Waals surface area contributed by atoms with Crippen LogP contribution in [0, 0.1) is 5.92 Å². The predicted molar refractivity (Wildman–Crippen MR) is 64.1 cm³/mol. The average molecular weight is 218 g/mol. The zero-order chi connectivity index (χ0) is 11.5. The molecule has 0 fully saturated rings. The van der Waals surface area contributed by atoms with E-state index in [1.54, 1.807) is 0 Å². The molecule has 0 spiro atoms.